The molecular weight excluding hydrogens is 220 g/mol. The molecule has 0 aromatic carbocycles. The Morgan fingerprint density at radius 3 is 2.59 bits per heavy atom. The lowest BCUT2D eigenvalue weighted by atomic mass is 9.83. The predicted molar refractivity (Wildman–Crippen MR) is 65.7 cm³/mol. The van der Waals surface area contributed by atoms with Crippen LogP contribution in [0.2, 0.25) is 0 Å². The average Bonchev–Trinajstić information content (AvgIpc) is 2.28. The Labute approximate surface area is 103 Å². The maximum Gasteiger partial charge on any atom is 0.336 e. The van der Waals surface area contributed by atoms with Gasteiger partial charge in [-0.25, -0.2) is 4.79 Å². The summed E-state index contributed by atoms with van der Waals surface area (Å²) in [7, 11) is 1.87. The summed E-state index contributed by atoms with van der Waals surface area (Å²) in [6, 6.07) is 0.291. The fraction of sp³-hybridized carbons (Fsp3) is 0.917. The van der Waals surface area contributed by atoms with Gasteiger partial charge in [0, 0.05) is 12.6 Å². The molecule has 5 heteroatoms. The highest BCUT2D eigenvalue weighted by molar-refractivity contribution is 5.76. The molecular formula is C12H24N2O3. The third-order valence-electron chi connectivity index (χ3n) is 3.76. The van der Waals surface area contributed by atoms with Crippen molar-refractivity contribution in [2.75, 3.05) is 20.1 Å². The molecule has 0 amide bonds. The van der Waals surface area contributed by atoms with Gasteiger partial charge in [0.25, 0.3) is 0 Å². The minimum absolute atomic E-state index is 0.142. The molecule has 1 aliphatic rings. The number of hydrogen-bond donors (Lipinski definition) is 3. The van der Waals surface area contributed by atoms with Crippen LogP contribution in [0.15, 0.2) is 0 Å². The summed E-state index contributed by atoms with van der Waals surface area (Å²) in [4.78, 5) is 12.8. The van der Waals surface area contributed by atoms with Crippen molar-refractivity contribution in [2.24, 2.45) is 11.7 Å². The van der Waals surface area contributed by atoms with Crippen LogP contribution in [-0.4, -0.2) is 52.9 Å². The van der Waals surface area contributed by atoms with Crippen molar-refractivity contribution >= 4 is 5.97 Å². The van der Waals surface area contributed by atoms with Crippen LogP contribution in [0.25, 0.3) is 0 Å². The van der Waals surface area contributed by atoms with Gasteiger partial charge >= 0.3 is 5.97 Å². The van der Waals surface area contributed by atoms with Gasteiger partial charge in [-0.1, -0.05) is 12.8 Å². The Bertz CT molecular complexity index is 268. The molecule has 0 spiro atoms. The smallest absolute Gasteiger partial charge is 0.336 e. The lowest BCUT2D eigenvalue weighted by Gasteiger charge is -2.39. The second kappa shape index (κ2) is 5.80. The van der Waals surface area contributed by atoms with Crippen molar-refractivity contribution in [1.29, 1.82) is 0 Å². The number of aliphatic carboxylic acids is 1. The Morgan fingerprint density at radius 1 is 1.47 bits per heavy atom. The van der Waals surface area contributed by atoms with Crippen molar-refractivity contribution in [3.8, 4) is 0 Å². The van der Waals surface area contributed by atoms with E-state index in [4.69, 9.17) is 10.8 Å². The summed E-state index contributed by atoms with van der Waals surface area (Å²) in [5, 5.41) is 18.7. The number of rotatable bonds is 5. The molecule has 0 aromatic rings. The van der Waals surface area contributed by atoms with Crippen LogP contribution in [0.3, 0.4) is 0 Å². The Hall–Kier alpha value is -0.650. The zero-order chi connectivity index (χ0) is 13.1. The van der Waals surface area contributed by atoms with Crippen molar-refractivity contribution in [3.63, 3.8) is 0 Å². The van der Waals surface area contributed by atoms with E-state index in [-0.39, 0.29) is 6.54 Å². The van der Waals surface area contributed by atoms with Crippen molar-refractivity contribution < 1.29 is 15.0 Å². The van der Waals surface area contributed by atoms with E-state index in [2.05, 4.69) is 0 Å². The van der Waals surface area contributed by atoms with Crippen molar-refractivity contribution in [1.82, 2.24) is 4.90 Å². The van der Waals surface area contributed by atoms with Crippen LogP contribution in [0.1, 0.15) is 32.6 Å². The SMILES string of the molecule is CN(CC(C)(O)C(=O)O)C1CCCCC1CN. The van der Waals surface area contributed by atoms with Gasteiger partial charge in [-0.05, 0) is 39.3 Å². The van der Waals surface area contributed by atoms with E-state index in [1.54, 1.807) is 0 Å². The molecule has 0 aliphatic heterocycles. The third-order valence-corrected chi connectivity index (χ3v) is 3.76. The van der Waals surface area contributed by atoms with Gasteiger partial charge < -0.3 is 15.9 Å². The van der Waals surface area contributed by atoms with Crippen LogP contribution < -0.4 is 5.73 Å². The van der Waals surface area contributed by atoms with Crippen LogP contribution >= 0.6 is 0 Å². The summed E-state index contributed by atoms with van der Waals surface area (Å²) in [6.45, 7) is 2.11. The number of aliphatic hydroxyl groups is 1. The first-order valence-electron chi connectivity index (χ1n) is 6.24. The molecule has 3 unspecified atom stereocenters. The minimum atomic E-state index is -1.69. The molecule has 3 atom stereocenters. The zero-order valence-corrected chi connectivity index (χ0v) is 10.7. The highest BCUT2D eigenvalue weighted by Gasteiger charge is 2.35. The van der Waals surface area contributed by atoms with Crippen molar-refractivity contribution in [3.05, 3.63) is 0 Å². The van der Waals surface area contributed by atoms with Crippen LogP contribution in [0.4, 0.5) is 0 Å². The van der Waals surface area contributed by atoms with E-state index < -0.39 is 11.6 Å². The third kappa shape index (κ3) is 3.66. The summed E-state index contributed by atoms with van der Waals surface area (Å²) in [6.07, 6.45) is 4.48. The first-order valence-corrected chi connectivity index (χ1v) is 6.24. The van der Waals surface area contributed by atoms with Gasteiger partial charge in [0.2, 0.25) is 0 Å². The molecule has 0 saturated heterocycles. The van der Waals surface area contributed by atoms with Crippen molar-refractivity contribution in [2.45, 2.75) is 44.2 Å². The number of carboxylic acids is 1. The maximum absolute atomic E-state index is 10.9. The largest absolute Gasteiger partial charge is 0.479 e. The number of nitrogens with zero attached hydrogens (tertiary/aromatic N) is 1. The second-order valence-electron chi connectivity index (χ2n) is 5.34. The van der Waals surface area contributed by atoms with E-state index in [0.717, 1.165) is 19.3 Å². The number of likely N-dealkylation sites (N-methyl/N-ethyl adjacent to an activating group) is 1. The number of nitrogens with two attached hydrogens (primary N) is 1. The monoisotopic (exact) mass is 244 g/mol. The molecule has 17 heavy (non-hydrogen) atoms. The molecule has 0 radical (unpaired) electrons. The van der Waals surface area contributed by atoms with Gasteiger partial charge in [-0.15, -0.1) is 0 Å². The van der Waals surface area contributed by atoms with Gasteiger partial charge in [0.05, 0.1) is 0 Å². The van der Waals surface area contributed by atoms with Gasteiger partial charge in [0.1, 0.15) is 0 Å². The fourth-order valence-electron chi connectivity index (χ4n) is 2.71. The Morgan fingerprint density at radius 2 is 2.06 bits per heavy atom. The zero-order valence-electron chi connectivity index (χ0n) is 10.7. The lowest BCUT2D eigenvalue weighted by molar-refractivity contribution is -0.159. The van der Waals surface area contributed by atoms with Gasteiger partial charge in [-0.3, -0.25) is 4.90 Å². The van der Waals surface area contributed by atoms with Crippen LogP contribution in [0.5, 0.6) is 0 Å². The van der Waals surface area contributed by atoms with Gasteiger partial charge in [-0.2, -0.15) is 0 Å². The first-order chi connectivity index (χ1) is 7.88. The highest BCUT2D eigenvalue weighted by atomic mass is 16.4. The molecule has 1 fully saturated rings. The summed E-state index contributed by atoms with van der Waals surface area (Å²) < 4.78 is 0. The number of hydrogen-bond acceptors (Lipinski definition) is 4. The highest BCUT2D eigenvalue weighted by Crippen LogP contribution is 2.27. The molecule has 0 aromatic heterocycles. The molecule has 0 bridgehead atoms. The summed E-state index contributed by atoms with van der Waals surface area (Å²) in [5.74, 6) is -0.761. The molecule has 0 heterocycles. The Kier molecular flexibility index (Phi) is 4.91. The number of carboxylic acid groups (broad SMARTS) is 1. The van der Waals surface area contributed by atoms with E-state index in [1.807, 2.05) is 11.9 Å². The molecule has 4 N–H and O–H groups in total. The minimum Gasteiger partial charge on any atom is -0.479 e. The van der Waals surface area contributed by atoms with Gasteiger partial charge in [0.15, 0.2) is 5.60 Å². The first kappa shape index (κ1) is 14.4. The van der Waals surface area contributed by atoms with E-state index >= 15 is 0 Å². The van der Waals surface area contributed by atoms with E-state index in [0.29, 0.717) is 18.5 Å². The molecule has 5 nitrogen and oxygen atoms in total. The summed E-state index contributed by atoms with van der Waals surface area (Å²) in [5.41, 5.74) is 4.06. The molecule has 100 valence electrons. The standard InChI is InChI=1S/C12H24N2O3/c1-12(17,11(15)16)8-14(2)10-6-4-3-5-9(10)7-13/h9-10,17H,3-8,13H2,1-2H3,(H,15,16). The van der Waals surface area contributed by atoms with E-state index in [1.165, 1.54) is 13.3 Å². The normalized spacial score (nSPS) is 29.0. The maximum atomic E-state index is 10.9. The summed E-state index contributed by atoms with van der Waals surface area (Å²) >= 11 is 0. The van der Waals surface area contributed by atoms with Crippen LogP contribution in [0, 0.1) is 5.92 Å². The lowest BCUT2D eigenvalue weighted by Crippen LogP contribution is -2.52. The second-order valence-corrected chi connectivity index (χ2v) is 5.34. The van der Waals surface area contributed by atoms with E-state index in [9.17, 15) is 9.90 Å². The van der Waals surface area contributed by atoms with Crippen LogP contribution in [-0.2, 0) is 4.79 Å². The predicted octanol–water partition coefficient (Wildman–Crippen LogP) is 0.271. The Balaban J connectivity index is 2.61. The molecule has 1 aliphatic carbocycles. The topological polar surface area (TPSA) is 86.8 Å². The number of carbonyl (C=O) groups is 1. The fourth-order valence-corrected chi connectivity index (χ4v) is 2.71. The average molecular weight is 244 g/mol. The quantitative estimate of drug-likeness (QED) is 0.646. The molecule has 1 saturated carbocycles. The molecule has 1 rings (SSSR count).